The Balaban J connectivity index is 1.74. The van der Waals surface area contributed by atoms with Gasteiger partial charge in [-0.3, -0.25) is 0 Å². The first-order valence-electron chi connectivity index (χ1n) is 5.69. The van der Waals surface area contributed by atoms with E-state index in [1.807, 2.05) is 12.1 Å². The van der Waals surface area contributed by atoms with Gasteiger partial charge in [0.1, 0.15) is 0 Å². The van der Waals surface area contributed by atoms with E-state index in [0.717, 1.165) is 5.56 Å². The van der Waals surface area contributed by atoms with Gasteiger partial charge in [-0.15, -0.1) is 0 Å². The van der Waals surface area contributed by atoms with Crippen LogP contribution in [0.2, 0.25) is 5.02 Å². The van der Waals surface area contributed by atoms with Gasteiger partial charge < -0.3 is 15.2 Å². The number of nitrogens with zero attached hydrogens (tertiary/aromatic N) is 2. The largest absolute Gasteiger partial charge is 0.337 e. The second-order valence-electron chi connectivity index (χ2n) is 3.90. The van der Waals surface area contributed by atoms with Crippen LogP contribution in [-0.2, 0) is 13.1 Å². The van der Waals surface area contributed by atoms with Gasteiger partial charge in [0.05, 0.1) is 6.54 Å². The van der Waals surface area contributed by atoms with Gasteiger partial charge in [-0.2, -0.15) is 4.98 Å². The van der Waals surface area contributed by atoms with Crippen molar-refractivity contribution in [1.82, 2.24) is 20.8 Å². The molecule has 2 rings (SSSR count). The van der Waals surface area contributed by atoms with Crippen molar-refractivity contribution < 1.29 is 9.32 Å². The summed E-state index contributed by atoms with van der Waals surface area (Å²) in [5, 5.41) is 9.63. The Labute approximate surface area is 115 Å². The number of carbonyl (C=O) groups excluding carboxylic acids is 1. The molecule has 0 aliphatic rings. The third-order valence-corrected chi connectivity index (χ3v) is 2.59. The van der Waals surface area contributed by atoms with Crippen molar-refractivity contribution in [3.63, 3.8) is 0 Å². The summed E-state index contributed by atoms with van der Waals surface area (Å²) >= 11 is 5.77. The van der Waals surface area contributed by atoms with Crippen LogP contribution >= 0.6 is 11.6 Å². The topological polar surface area (TPSA) is 80.0 Å². The van der Waals surface area contributed by atoms with Crippen molar-refractivity contribution in [2.45, 2.75) is 20.0 Å². The molecule has 19 heavy (non-hydrogen) atoms. The van der Waals surface area contributed by atoms with Crippen LogP contribution in [0.25, 0.3) is 0 Å². The Kier molecular flexibility index (Phi) is 4.35. The monoisotopic (exact) mass is 280 g/mol. The molecule has 0 unspecified atom stereocenters. The number of hydrogen-bond acceptors (Lipinski definition) is 4. The molecule has 0 saturated heterocycles. The average molecular weight is 281 g/mol. The van der Waals surface area contributed by atoms with Crippen molar-refractivity contribution in [2.75, 3.05) is 0 Å². The number of urea groups is 1. The molecule has 7 heteroatoms. The fourth-order valence-electron chi connectivity index (χ4n) is 1.41. The SMILES string of the molecule is Cc1noc(CNC(=O)NCc2ccc(Cl)cc2)n1. The number of nitrogens with one attached hydrogen (secondary N) is 2. The molecule has 0 bridgehead atoms. The molecule has 0 atom stereocenters. The lowest BCUT2D eigenvalue weighted by Gasteiger charge is -2.06. The summed E-state index contributed by atoms with van der Waals surface area (Å²) in [5.41, 5.74) is 0.966. The predicted octanol–water partition coefficient (Wildman–Crippen LogP) is 2.03. The number of aromatic nitrogens is 2. The summed E-state index contributed by atoms with van der Waals surface area (Å²) < 4.78 is 4.87. The van der Waals surface area contributed by atoms with Crippen molar-refractivity contribution in [3.8, 4) is 0 Å². The smallest absolute Gasteiger partial charge is 0.315 e. The molecule has 0 spiro atoms. The minimum Gasteiger partial charge on any atom is -0.337 e. The molecular formula is C12H13ClN4O2. The fraction of sp³-hybridized carbons (Fsp3) is 0.250. The zero-order chi connectivity index (χ0) is 13.7. The number of benzene rings is 1. The number of halogens is 1. The quantitative estimate of drug-likeness (QED) is 0.898. The maximum absolute atomic E-state index is 11.5. The van der Waals surface area contributed by atoms with Crippen molar-refractivity contribution >= 4 is 17.6 Å². The summed E-state index contributed by atoms with van der Waals surface area (Å²) in [6.45, 7) is 2.34. The minimum atomic E-state index is -0.300. The van der Waals surface area contributed by atoms with Gasteiger partial charge in [0, 0.05) is 11.6 Å². The maximum atomic E-state index is 11.5. The standard InChI is InChI=1S/C12H13ClN4O2/c1-8-16-11(19-17-8)7-15-12(18)14-6-9-2-4-10(13)5-3-9/h2-5H,6-7H2,1H3,(H2,14,15,18). The summed E-state index contributed by atoms with van der Waals surface area (Å²) in [6.07, 6.45) is 0. The van der Waals surface area contributed by atoms with E-state index >= 15 is 0 Å². The van der Waals surface area contributed by atoms with Gasteiger partial charge in [0.25, 0.3) is 0 Å². The van der Waals surface area contributed by atoms with E-state index in [0.29, 0.717) is 23.3 Å². The molecule has 6 nitrogen and oxygen atoms in total. The van der Waals surface area contributed by atoms with E-state index in [9.17, 15) is 4.79 Å². The van der Waals surface area contributed by atoms with Crippen LogP contribution in [0.15, 0.2) is 28.8 Å². The predicted molar refractivity (Wildman–Crippen MR) is 69.6 cm³/mol. The maximum Gasteiger partial charge on any atom is 0.315 e. The van der Waals surface area contributed by atoms with Crippen LogP contribution < -0.4 is 10.6 Å². The summed E-state index contributed by atoms with van der Waals surface area (Å²) in [4.78, 5) is 15.5. The molecule has 0 fully saturated rings. The lowest BCUT2D eigenvalue weighted by molar-refractivity contribution is 0.238. The first kappa shape index (κ1) is 13.4. The van der Waals surface area contributed by atoms with Crippen LogP contribution in [0, 0.1) is 6.92 Å². The Bertz CT molecular complexity index is 553. The number of rotatable bonds is 4. The molecule has 2 aromatic rings. The van der Waals surface area contributed by atoms with Gasteiger partial charge in [0.15, 0.2) is 5.82 Å². The van der Waals surface area contributed by atoms with Gasteiger partial charge in [-0.1, -0.05) is 28.9 Å². The molecule has 0 radical (unpaired) electrons. The van der Waals surface area contributed by atoms with E-state index in [2.05, 4.69) is 20.8 Å². The highest BCUT2D eigenvalue weighted by atomic mass is 35.5. The molecule has 0 aliphatic heterocycles. The van der Waals surface area contributed by atoms with Gasteiger partial charge >= 0.3 is 6.03 Å². The van der Waals surface area contributed by atoms with Gasteiger partial charge in [-0.25, -0.2) is 4.79 Å². The van der Waals surface area contributed by atoms with Crippen LogP contribution in [0.5, 0.6) is 0 Å². The molecule has 0 aliphatic carbocycles. The highest BCUT2D eigenvalue weighted by Gasteiger charge is 2.05. The summed E-state index contributed by atoms with van der Waals surface area (Å²) in [7, 11) is 0. The first-order valence-corrected chi connectivity index (χ1v) is 6.06. The zero-order valence-electron chi connectivity index (χ0n) is 10.3. The third kappa shape index (κ3) is 4.26. The molecule has 2 N–H and O–H groups in total. The van der Waals surface area contributed by atoms with Crippen molar-refractivity contribution in [3.05, 3.63) is 46.6 Å². The minimum absolute atomic E-state index is 0.202. The second kappa shape index (κ2) is 6.19. The van der Waals surface area contributed by atoms with E-state index in [-0.39, 0.29) is 12.6 Å². The lowest BCUT2D eigenvalue weighted by Crippen LogP contribution is -2.34. The van der Waals surface area contributed by atoms with E-state index in [1.165, 1.54) is 0 Å². The van der Waals surface area contributed by atoms with E-state index in [1.54, 1.807) is 19.1 Å². The molecular weight excluding hydrogens is 268 g/mol. The summed E-state index contributed by atoms with van der Waals surface area (Å²) in [6, 6.07) is 6.95. The lowest BCUT2D eigenvalue weighted by atomic mass is 10.2. The van der Waals surface area contributed by atoms with Crippen molar-refractivity contribution in [2.24, 2.45) is 0 Å². The van der Waals surface area contributed by atoms with E-state index in [4.69, 9.17) is 16.1 Å². The molecule has 2 amide bonds. The van der Waals surface area contributed by atoms with E-state index < -0.39 is 0 Å². The highest BCUT2D eigenvalue weighted by molar-refractivity contribution is 6.30. The second-order valence-corrected chi connectivity index (χ2v) is 4.33. The van der Waals surface area contributed by atoms with Crippen LogP contribution in [-0.4, -0.2) is 16.2 Å². The molecule has 100 valence electrons. The normalized spacial score (nSPS) is 10.2. The first-order chi connectivity index (χ1) is 9.13. The Morgan fingerprint density at radius 3 is 2.58 bits per heavy atom. The van der Waals surface area contributed by atoms with Crippen LogP contribution in [0.3, 0.4) is 0 Å². The third-order valence-electron chi connectivity index (χ3n) is 2.34. The zero-order valence-corrected chi connectivity index (χ0v) is 11.1. The Morgan fingerprint density at radius 2 is 1.95 bits per heavy atom. The number of aryl methyl sites for hydroxylation is 1. The number of amides is 2. The van der Waals surface area contributed by atoms with Crippen LogP contribution in [0.4, 0.5) is 4.79 Å². The van der Waals surface area contributed by atoms with Gasteiger partial charge in [-0.05, 0) is 24.6 Å². The Hall–Kier alpha value is -2.08. The van der Waals surface area contributed by atoms with Gasteiger partial charge in [0.2, 0.25) is 5.89 Å². The highest BCUT2D eigenvalue weighted by Crippen LogP contribution is 2.08. The molecule has 1 aromatic heterocycles. The molecule has 0 saturated carbocycles. The Morgan fingerprint density at radius 1 is 1.26 bits per heavy atom. The fourth-order valence-corrected chi connectivity index (χ4v) is 1.54. The summed E-state index contributed by atoms with van der Waals surface area (Å²) in [5.74, 6) is 0.914. The molecule has 1 heterocycles. The number of hydrogen-bond donors (Lipinski definition) is 2. The number of carbonyl (C=O) groups is 1. The average Bonchev–Trinajstić information content (AvgIpc) is 2.81. The molecule has 1 aromatic carbocycles. The van der Waals surface area contributed by atoms with Crippen LogP contribution in [0.1, 0.15) is 17.3 Å². The van der Waals surface area contributed by atoms with Crippen molar-refractivity contribution in [1.29, 1.82) is 0 Å².